The average Bonchev–Trinajstić information content (AvgIpc) is 2.25. The van der Waals surface area contributed by atoms with Crippen LogP contribution in [0.5, 0.6) is 0 Å². The lowest BCUT2D eigenvalue weighted by molar-refractivity contribution is -0.130. The number of nitrogens with zero attached hydrogens (tertiary/aromatic N) is 1. The standard InChI is InChI=1S/C9H17F2NOSi/c1-14(10,11)8-7-12-6-4-2-3-5-9(12)13/h2-8H2,1H3. The summed E-state index contributed by atoms with van der Waals surface area (Å²) in [4.78, 5) is 13.0. The highest BCUT2D eigenvalue weighted by atomic mass is 28.4. The molecule has 1 saturated heterocycles. The fourth-order valence-corrected chi connectivity index (χ4v) is 2.27. The molecule has 0 unspecified atom stereocenters. The topological polar surface area (TPSA) is 20.3 Å². The smallest absolute Gasteiger partial charge is 0.343 e. The van der Waals surface area contributed by atoms with Gasteiger partial charge in [-0.05, 0) is 19.4 Å². The van der Waals surface area contributed by atoms with E-state index in [2.05, 4.69) is 0 Å². The van der Waals surface area contributed by atoms with Crippen molar-refractivity contribution in [3.8, 4) is 0 Å². The molecule has 0 radical (unpaired) electrons. The first-order valence-electron chi connectivity index (χ1n) is 5.15. The van der Waals surface area contributed by atoms with E-state index in [1.807, 2.05) is 0 Å². The van der Waals surface area contributed by atoms with Gasteiger partial charge in [-0.1, -0.05) is 6.42 Å². The summed E-state index contributed by atoms with van der Waals surface area (Å²) in [6.07, 6.45) is 3.46. The van der Waals surface area contributed by atoms with E-state index in [4.69, 9.17) is 0 Å². The SMILES string of the molecule is C[Si](F)(F)CCN1CCCCCC1=O. The monoisotopic (exact) mass is 221 g/mol. The van der Waals surface area contributed by atoms with Crippen molar-refractivity contribution in [1.29, 1.82) is 0 Å². The number of carbonyl (C=O) groups is 1. The Morgan fingerprint density at radius 2 is 2.07 bits per heavy atom. The highest BCUT2D eigenvalue weighted by Crippen LogP contribution is 2.16. The Kier molecular flexibility index (Phi) is 4.04. The van der Waals surface area contributed by atoms with Gasteiger partial charge in [-0.15, -0.1) is 0 Å². The van der Waals surface area contributed by atoms with Gasteiger partial charge in [0.1, 0.15) is 0 Å². The zero-order valence-corrected chi connectivity index (χ0v) is 9.56. The Hall–Kier alpha value is -0.453. The van der Waals surface area contributed by atoms with Crippen molar-refractivity contribution >= 4 is 14.6 Å². The van der Waals surface area contributed by atoms with Gasteiger partial charge in [0.15, 0.2) is 0 Å². The Morgan fingerprint density at radius 3 is 2.71 bits per heavy atom. The van der Waals surface area contributed by atoms with E-state index < -0.39 is 8.74 Å². The minimum atomic E-state index is -3.98. The quantitative estimate of drug-likeness (QED) is 0.529. The first-order chi connectivity index (χ1) is 6.49. The molecule has 1 fully saturated rings. The van der Waals surface area contributed by atoms with E-state index in [9.17, 15) is 13.0 Å². The molecule has 1 rings (SSSR count). The molecule has 14 heavy (non-hydrogen) atoms. The summed E-state index contributed by atoms with van der Waals surface area (Å²) in [5, 5.41) is 0. The van der Waals surface area contributed by atoms with Crippen LogP contribution in [0.2, 0.25) is 12.6 Å². The molecule has 1 aliphatic heterocycles. The van der Waals surface area contributed by atoms with Crippen LogP contribution in [0.3, 0.4) is 0 Å². The Morgan fingerprint density at radius 1 is 1.36 bits per heavy atom. The minimum Gasteiger partial charge on any atom is -0.343 e. The van der Waals surface area contributed by atoms with Crippen molar-refractivity contribution in [2.45, 2.75) is 38.3 Å². The van der Waals surface area contributed by atoms with E-state index in [-0.39, 0.29) is 18.5 Å². The zero-order chi connectivity index (χ0) is 10.6. The largest absolute Gasteiger partial charge is 0.423 e. The third kappa shape index (κ3) is 4.17. The van der Waals surface area contributed by atoms with E-state index in [0.29, 0.717) is 13.0 Å². The fourth-order valence-electron chi connectivity index (χ4n) is 1.61. The molecular formula is C9H17F2NOSi. The highest BCUT2D eigenvalue weighted by Gasteiger charge is 2.29. The minimum absolute atomic E-state index is 0.0563. The molecule has 0 atom stereocenters. The number of hydrogen-bond donors (Lipinski definition) is 0. The third-order valence-electron chi connectivity index (χ3n) is 2.49. The summed E-state index contributed by atoms with van der Waals surface area (Å²) in [6, 6.07) is -0.0846. The van der Waals surface area contributed by atoms with Crippen molar-refractivity contribution in [3.05, 3.63) is 0 Å². The van der Waals surface area contributed by atoms with Crippen LogP contribution in [0.1, 0.15) is 25.7 Å². The molecular weight excluding hydrogens is 204 g/mol. The van der Waals surface area contributed by atoms with Crippen LogP contribution in [0.4, 0.5) is 8.22 Å². The van der Waals surface area contributed by atoms with Crippen molar-refractivity contribution < 1.29 is 13.0 Å². The molecule has 1 heterocycles. The van der Waals surface area contributed by atoms with Gasteiger partial charge in [-0.2, -0.15) is 0 Å². The Labute approximate surface area is 84.6 Å². The summed E-state index contributed by atoms with van der Waals surface area (Å²) >= 11 is 0. The average molecular weight is 221 g/mol. The van der Waals surface area contributed by atoms with Crippen LogP contribution in [-0.4, -0.2) is 32.6 Å². The van der Waals surface area contributed by atoms with E-state index >= 15 is 0 Å². The van der Waals surface area contributed by atoms with Gasteiger partial charge >= 0.3 is 8.74 Å². The second-order valence-corrected chi connectivity index (χ2v) is 6.65. The molecule has 0 bridgehead atoms. The van der Waals surface area contributed by atoms with Crippen molar-refractivity contribution in [3.63, 3.8) is 0 Å². The summed E-state index contributed by atoms with van der Waals surface area (Å²) in [6.45, 7) is 1.97. The van der Waals surface area contributed by atoms with Gasteiger partial charge in [-0.3, -0.25) is 13.0 Å². The van der Waals surface area contributed by atoms with E-state index in [1.165, 1.54) is 0 Å². The summed E-state index contributed by atoms with van der Waals surface area (Å²) < 4.78 is 25.4. The third-order valence-corrected chi connectivity index (χ3v) is 3.59. The molecule has 82 valence electrons. The maximum absolute atomic E-state index is 12.7. The molecule has 0 saturated carbocycles. The molecule has 1 amide bonds. The highest BCUT2D eigenvalue weighted by molar-refractivity contribution is 6.64. The lowest BCUT2D eigenvalue weighted by atomic mass is 10.2. The first kappa shape index (κ1) is 11.6. The number of halogens is 2. The maximum atomic E-state index is 12.7. The number of carbonyl (C=O) groups excluding carboxylic acids is 1. The number of likely N-dealkylation sites (tertiary alicyclic amines) is 1. The predicted molar refractivity (Wildman–Crippen MR) is 53.7 cm³/mol. The van der Waals surface area contributed by atoms with Crippen LogP contribution in [0.25, 0.3) is 0 Å². The van der Waals surface area contributed by atoms with Gasteiger partial charge < -0.3 is 4.90 Å². The van der Waals surface area contributed by atoms with Crippen LogP contribution < -0.4 is 0 Å². The molecule has 0 aromatic rings. The summed E-state index contributed by atoms with van der Waals surface area (Å²) in [7, 11) is -3.98. The second kappa shape index (κ2) is 4.86. The molecule has 0 aromatic carbocycles. The van der Waals surface area contributed by atoms with Gasteiger partial charge in [0.05, 0.1) is 0 Å². The molecule has 2 nitrogen and oxygen atoms in total. The lowest BCUT2D eigenvalue weighted by Gasteiger charge is -2.21. The second-order valence-electron chi connectivity index (χ2n) is 4.01. The summed E-state index contributed by atoms with van der Waals surface area (Å²) in [5.74, 6) is 0.0563. The van der Waals surface area contributed by atoms with Gasteiger partial charge in [-0.25, -0.2) is 0 Å². The van der Waals surface area contributed by atoms with Gasteiger partial charge in [0.25, 0.3) is 0 Å². The summed E-state index contributed by atoms with van der Waals surface area (Å²) in [5.41, 5.74) is 0. The van der Waals surface area contributed by atoms with Crippen LogP contribution >= 0.6 is 0 Å². The van der Waals surface area contributed by atoms with Crippen LogP contribution in [0.15, 0.2) is 0 Å². The van der Waals surface area contributed by atoms with Gasteiger partial charge in [0, 0.05) is 25.6 Å². The molecule has 0 N–H and O–H groups in total. The normalized spacial score (nSPS) is 19.6. The van der Waals surface area contributed by atoms with Crippen LogP contribution in [0, 0.1) is 0 Å². The molecule has 0 aromatic heterocycles. The first-order valence-corrected chi connectivity index (χ1v) is 7.61. The van der Waals surface area contributed by atoms with E-state index in [1.54, 1.807) is 4.90 Å². The van der Waals surface area contributed by atoms with Crippen molar-refractivity contribution in [2.75, 3.05) is 13.1 Å². The maximum Gasteiger partial charge on any atom is 0.423 e. The molecule has 0 aliphatic carbocycles. The van der Waals surface area contributed by atoms with Crippen molar-refractivity contribution in [2.24, 2.45) is 0 Å². The number of amides is 1. The number of rotatable bonds is 3. The predicted octanol–water partition coefficient (Wildman–Crippen LogP) is 2.40. The Balaban J connectivity index is 2.37. The fraction of sp³-hybridized carbons (Fsp3) is 0.889. The lowest BCUT2D eigenvalue weighted by Crippen LogP contribution is -2.34. The van der Waals surface area contributed by atoms with Crippen molar-refractivity contribution in [1.82, 2.24) is 4.90 Å². The molecule has 1 aliphatic rings. The molecule has 5 heteroatoms. The van der Waals surface area contributed by atoms with E-state index in [0.717, 1.165) is 25.8 Å². The van der Waals surface area contributed by atoms with Crippen LogP contribution in [-0.2, 0) is 4.79 Å². The Bertz CT molecular complexity index is 205. The number of hydrogen-bond acceptors (Lipinski definition) is 1. The molecule has 0 spiro atoms. The zero-order valence-electron chi connectivity index (χ0n) is 8.56. The van der Waals surface area contributed by atoms with Gasteiger partial charge in [0.2, 0.25) is 5.91 Å².